The molecule has 5 unspecified atom stereocenters. The van der Waals surface area contributed by atoms with Crippen molar-refractivity contribution in [2.75, 3.05) is 19.8 Å². The fourth-order valence-electron chi connectivity index (χ4n) is 1.91. The highest BCUT2D eigenvalue weighted by Gasteiger charge is 2.13. The van der Waals surface area contributed by atoms with Crippen LogP contribution in [-0.4, -0.2) is 90.9 Å². The highest BCUT2D eigenvalue weighted by atomic mass is 16.4. The molecule has 0 aliphatic carbocycles. The summed E-state index contributed by atoms with van der Waals surface area (Å²) in [5.41, 5.74) is 0. The second-order valence-electron chi connectivity index (χ2n) is 8.27. The number of rotatable bonds is 13. The van der Waals surface area contributed by atoms with Gasteiger partial charge in [0.15, 0.2) is 0 Å². The first-order valence-corrected chi connectivity index (χ1v) is 12.6. The van der Waals surface area contributed by atoms with Crippen molar-refractivity contribution in [1.29, 1.82) is 0 Å². The van der Waals surface area contributed by atoms with Gasteiger partial charge < -0.3 is 40.9 Å². The number of carboxylic acids is 2. The number of hydrogen-bond donors (Lipinski definition) is 8. The lowest BCUT2D eigenvalue weighted by Crippen LogP contribution is -2.11. The molecule has 0 aromatic heterocycles. The molecule has 35 heavy (non-hydrogen) atoms. The minimum Gasteiger partial charge on any atom is -0.481 e. The van der Waals surface area contributed by atoms with Crippen molar-refractivity contribution < 1.29 is 50.4 Å². The minimum atomic E-state index is -0.643. The van der Waals surface area contributed by atoms with E-state index in [0.29, 0.717) is 0 Å². The molecule has 10 nitrogen and oxygen atoms in total. The number of unbranched alkanes of at least 4 members (excludes halogenated alkanes) is 2. The largest absolute Gasteiger partial charge is 0.481 e. The van der Waals surface area contributed by atoms with Gasteiger partial charge in [-0.05, 0) is 46.5 Å². The SMILES string of the molecule is CC(O)CO.CC(O)CO.CC(O)CO.CCCCC(CC)C(=O)O.CCCCC(CC)C(=O)O. The first-order chi connectivity index (χ1) is 16.2. The van der Waals surface area contributed by atoms with E-state index in [1.54, 1.807) is 0 Å². The van der Waals surface area contributed by atoms with E-state index >= 15 is 0 Å². The fraction of sp³-hybridized carbons (Fsp3) is 0.920. The maximum absolute atomic E-state index is 10.4. The predicted molar refractivity (Wildman–Crippen MR) is 138 cm³/mol. The molecule has 0 aromatic carbocycles. The van der Waals surface area contributed by atoms with Crippen LogP contribution < -0.4 is 0 Å². The van der Waals surface area contributed by atoms with Crippen molar-refractivity contribution in [3.63, 3.8) is 0 Å². The zero-order chi connectivity index (χ0) is 28.8. The van der Waals surface area contributed by atoms with E-state index in [1.807, 2.05) is 13.8 Å². The smallest absolute Gasteiger partial charge is 0.306 e. The van der Waals surface area contributed by atoms with E-state index in [4.69, 9.17) is 40.9 Å². The number of carbonyl (C=O) groups is 2. The molecule has 0 amide bonds. The molecule has 0 rings (SSSR count). The van der Waals surface area contributed by atoms with Crippen LogP contribution in [0.1, 0.15) is 99.8 Å². The predicted octanol–water partition coefficient (Wildman–Crippen LogP) is 2.65. The molecule has 0 aliphatic heterocycles. The third-order valence-corrected chi connectivity index (χ3v) is 4.29. The van der Waals surface area contributed by atoms with Crippen molar-refractivity contribution in [1.82, 2.24) is 0 Å². The Labute approximate surface area is 212 Å². The summed E-state index contributed by atoms with van der Waals surface area (Å²) in [4.78, 5) is 20.9. The second-order valence-corrected chi connectivity index (χ2v) is 8.27. The Morgan fingerprint density at radius 3 is 0.857 bits per heavy atom. The van der Waals surface area contributed by atoms with Crippen LogP contribution in [0.5, 0.6) is 0 Å². The van der Waals surface area contributed by atoms with Crippen LogP contribution in [0, 0.1) is 11.8 Å². The third kappa shape index (κ3) is 50.5. The summed E-state index contributed by atoms with van der Waals surface area (Å²) in [6.45, 7) is 12.2. The first-order valence-electron chi connectivity index (χ1n) is 12.6. The van der Waals surface area contributed by atoms with Crippen molar-refractivity contribution in [3.8, 4) is 0 Å². The van der Waals surface area contributed by atoms with Crippen molar-refractivity contribution in [2.45, 2.75) is 118 Å². The lowest BCUT2D eigenvalue weighted by Gasteiger charge is -2.06. The Kier molecular flexibility index (Phi) is 43.6. The quantitative estimate of drug-likeness (QED) is 0.180. The summed E-state index contributed by atoms with van der Waals surface area (Å²) in [5.74, 6) is -1.51. The molecule has 0 saturated heterocycles. The van der Waals surface area contributed by atoms with Gasteiger partial charge in [0.1, 0.15) is 0 Å². The molecular formula is C25H56O10. The molecule has 0 aromatic rings. The van der Waals surface area contributed by atoms with Gasteiger partial charge in [-0.25, -0.2) is 0 Å². The summed E-state index contributed by atoms with van der Waals surface area (Å²) in [5, 5.41) is 65.2. The lowest BCUT2D eigenvalue weighted by molar-refractivity contribution is -0.143. The molecule has 216 valence electrons. The summed E-state index contributed by atoms with van der Waals surface area (Å²) in [6, 6.07) is 0. The molecule has 5 atom stereocenters. The first kappa shape index (κ1) is 43.7. The number of aliphatic hydroxyl groups excluding tert-OH is 6. The van der Waals surface area contributed by atoms with Crippen LogP contribution >= 0.6 is 0 Å². The molecule has 0 aliphatic rings. The van der Waals surface area contributed by atoms with Gasteiger partial charge in [-0.15, -0.1) is 0 Å². The molecule has 0 saturated carbocycles. The molecule has 0 heterocycles. The van der Waals surface area contributed by atoms with Gasteiger partial charge in [-0.2, -0.15) is 0 Å². The molecule has 0 radical (unpaired) electrons. The topological polar surface area (TPSA) is 196 Å². The number of aliphatic hydroxyl groups is 6. The van der Waals surface area contributed by atoms with Crippen LogP contribution in [0.2, 0.25) is 0 Å². The highest BCUT2D eigenvalue weighted by Crippen LogP contribution is 2.12. The van der Waals surface area contributed by atoms with E-state index < -0.39 is 30.3 Å². The molecule has 0 spiro atoms. The van der Waals surface area contributed by atoms with Crippen molar-refractivity contribution >= 4 is 11.9 Å². The van der Waals surface area contributed by atoms with Gasteiger partial charge in [0.05, 0.1) is 50.0 Å². The van der Waals surface area contributed by atoms with Gasteiger partial charge in [0.2, 0.25) is 0 Å². The summed E-state index contributed by atoms with van der Waals surface area (Å²) in [6.07, 6.45) is 5.75. The zero-order valence-corrected chi connectivity index (χ0v) is 23.1. The van der Waals surface area contributed by atoms with Crippen LogP contribution in [0.3, 0.4) is 0 Å². The van der Waals surface area contributed by atoms with E-state index in [0.717, 1.165) is 51.4 Å². The average Bonchev–Trinajstić information content (AvgIpc) is 2.81. The standard InChI is InChI=1S/2C8H16O2.3C3H8O2/c2*1-3-5-6-7(4-2)8(9)10;3*1-3(5)2-4/h2*7H,3-6H2,1-2H3,(H,9,10);3*3-5H,2H2,1H3. The number of aliphatic carboxylic acids is 2. The Bertz CT molecular complexity index is 370. The Balaban J connectivity index is -0.000000112. The molecule has 10 heteroatoms. The van der Waals surface area contributed by atoms with E-state index in [2.05, 4.69) is 13.8 Å². The fourth-order valence-corrected chi connectivity index (χ4v) is 1.91. The maximum Gasteiger partial charge on any atom is 0.306 e. The summed E-state index contributed by atoms with van der Waals surface area (Å²) < 4.78 is 0. The van der Waals surface area contributed by atoms with E-state index in [1.165, 1.54) is 20.8 Å². The highest BCUT2D eigenvalue weighted by molar-refractivity contribution is 5.70. The zero-order valence-electron chi connectivity index (χ0n) is 23.1. The number of carboxylic acid groups (broad SMARTS) is 2. The monoisotopic (exact) mass is 516 g/mol. The van der Waals surface area contributed by atoms with Gasteiger partial charge in [-0.3, -0.25) is 9.59 Å². The van der Waals surface area contributed by atoms with E-state index in [-0.39, 0.29) is 31.7 Å². The Morgan fingerprint density at radius 1 is 0.571 bits per heavy atom. The van der Waals surface area contributed by atoms with Crippen molar-refractivity contribution in [2.24, 2.45) is 11.8 Å². The second kappa shape index (κ2) is 34.9. The molecule has 0 fully saturated rings. The number of hydrogen-bond acceptors (Lipinski definition) is 8. The maximum atomic E-state index is 10.4. The molecule has 0 bridgehead atoms. The lowest BCUT2D eigenvalue weighted by atomic mass is 10.00. The molecule has 8 N–H and O–H groups in total. The van der Waals surface area contributed by atoms with Crippen LogP contribution in [0.4, 0.5) is 0 Å². The minimum absolute atomic E-state index is 0.111. The van der Waals surface area contributed by atoms with Gasteiger partial charge in [0, 0.05) is 0 Å². The van der Waals surface area contributed by atoms with Gasteiger partial charge >= 0.3 is 11.9 Å². The summed E-state index contributed by atoms with van der Waals surface area (Å²) in [7, 11) is 0. The van der Waals surface area contributed by atoms with Gasteiger partial charge in [0.25, 0.3) is 0 Å². The Morgan fingerprint density at radius 2 is 0.771 bits per heavy atom. The average molecular weight is 517 g/mol. The van der Waals surface area contributed by atoms with Gasteiger partial charge in [-0.1, -0.05) is 53.4 Å². The van der Waals surface area contributed by atoms with Crippen molar-refractivity contribution in [3.05, 3.63) is 0 Å². The Hall–Kier alpha value is -1.30. The van der Waals surface area contributed by atoms with Crippen LogP contribution in [-0.2, 0) is 9.59 Å². The van der Waals surface area contributed by atoms with E-state index in [9.17, 15) is 9.59 Å². The summed E-state index contributed by atoms with van der Waals surface area (Å²) >= 11 is 0. The molecular weight excluding hydrogens is 460 g/mol. The van der Waals surface area contributed by atoms with Crippen LogP contribution in [0.15, 0.2) is 0 Å². The van der Waals surface area contributed by atoms with Crippen LogP contribution in [0.25, 0.3) is 0 Å². The normalized spacial score (nSPS) is 13.9. The third-order valence-electron chi connectivity index (χ3n) is 4.29.